The van der Waals surface area contributed by atoms with Crippen molar-refractivity contribution in [2.45, 2.75) is 19.3 Å². The predicted octanol–water partition coefficient (Wildman–Crippen LogP) is 4.96. The Kier molecular flexibility index (Phi) is 5.97. The van der Waals surface area contributed by atoms with E-state index >= 15 is 0 Å². The second-order valence-electron chi connectivity index (χ2n) is 9.84. The number of carbonyl (C=O) groups excluding carboxylic acids is 2. The summed E-state index contributed by atoms with van der Waals surface area (Å²) in [5.74, 6) is 1.58. The zero-order valence-electron chi connectivity index (χ0n) is 19.4. The summed E-state index contributed by atoms with van der Waals surface area (Å²) in [6.45, 7) is 5.99. The zero-order chi connectivity index (χ0) is 23.1. The first kappa shape index (κ1) is 22.0. The number of rotatable bonds is 5. The summed E-state index contributed by atoms with van der Waals surface area (Å²) < 4.78 is 6.50. The molecule has 6 heteroatoms. The lowest BCUT2D eigenvalue weighted by atomic mass is 9.76. The van der Waals surface area contributed by atoms with Gasteiger partial charge in [-0.15, -0.1) is 11.3 Å². The van der Waals surface area contributed by atoms with Crippen LogP contribution in [-0.2, 0) is 4.74 Å². The van der Waals surface area contributed by atoms with E-state index in [0.29, 0.717) is 44.2 Å². The molecule has 0 radical (unpaired) electrons. The van der Waals surface area contributed by atoms with Gasteiger partial charge in [-0.25, -0.2) is 0 Å². The van der Waals surface area contributed by atoms with E-state index in [4.69, 9.17) is 4.74 Å². The van der Waals surface area contributed by atoms with Crippen LogP contribution in [0.1, 0.15) is 39.3 Å². The average molecular weight is 475 g/mol. The number of fused-ring (bicyclic) bond motifs is 4. The minimum Gasteiger partial charge on any atom is -0.378 e. The number of Topliss-reactive ketones (excluding diaryl/α,β-unsaturated/α-hetero) is 1. The van der Waals surface area contributed by atoms with Crippen LogP contribution >= 0.6 is 11.3 Å². The lowest BCUT2D eigenvalue weighted by Crippen LogP contribution is -2.47. The lowest BCUT2D eigenvalue weighted by Gasteiger charge is -2.44. The van der Waals surface area contributed by atoms with Gasteiger partial charge in [-0.2, -0.15) is 0 Å². The van der Waals surface area contributed by atoms with Crippen molar-refractivity contribution >= 4 is 33.1 Å². The molecule has 0 spiro atoms. The van der Waals surface area contributed by atoms with Crippen molar-refractivity contribution in [3.63, 3.8) is 0 Å². The van der Waals surface area contributed by atoms with Gasteiger partial charge < -0.3 is 14.5 Å². The van der Waals surface area contributed by atoms with E-state index in [9.17, 15) is 9.59 Å². The summed E-state index contributed by atoms with van der Waals surface area (Å²) in [4.78, 5) is 31.2. The molecule has 2 aromatic carbocycles. The van der Waals surface area contributed by atoms with Crippen molar-refractivity contribution in [2.24, 2.45) is 11.8 Å². The summed E-state index contributed by atoms with van der Waals surface area (Å²) >= 11 is 1.62. The van der Waals surface area contributed by atoms with E-state index in [1.807, 2.05) is 29.2 Å². The molecule has 0 N–H and O–H groups in total. The topological polar surface area (TPSA) is 49.9 Å². The molecular weight excluding hydrogens is 444 g/mol. The lowest BCUT2D eigenvalue weighted by molar-refractivity contribution is 0.0303. The van der Waals surface area contributed by atoms with E-state index in [0.717, 1.165) is 38.6 Å². The molecule has 4 saturated heterocycles. The fraction of sp³-hybridized carbons (Fsp3) is 0.429. The standard InChI is InChI=1S/C28H30N2O3S/c31-25(16-23-18-29-10-8-19(23)9-11-29)26-17-22-2-1-3-24(27(22)34-26)20-4-6-21(7-5-20)28(32)30-12-14-33-15-13-30/h1-7,17,19,23H,8-16,18H2/t23-/m1/s1. The number of amides is 1. The van der Waals surface area contributed by atoms with Gasteiger partial charge in [-0.1, -0.05) is 30.3 Å². The highest BCUT2D eigenvalue weighted by atomic mass is 32.1. The summed E-state index contributed by atoms with van der Waals surface area (Å²) in [6, 6.07) is 16.2. The number of ether oxygens (including phenoxy) is 1. The van der Waals surface area contributed by atoms with Gasteiger partial charge in [-0.05, 0) is 72.5 Å². The van der Waals surface area contributed by atoms with Crippen LogP contribution < -0.4 is 0 Å². The molecular formula is C28H30N2O3S. The average Bonchev–Trinajstić information content (AvgIpc) is 3.35. The van der Waals surface area contributed by atoms with Gasteiger partial charge in [0.05, 0.1) is 18.1 Å². The molecule has 4 aliphatic rings. The molecule has 7 rings (SSSR count). The van der Waals surface area contributed by atoms with Gasteiger partial charge >= 0.3 is 0 Å². The fourth-order valence-corrected chi connectivity index (χ4v) is 6.97. The maximum atomic E-state index is 13.2. The van der Waals surface area contributed by atoms with Crippen molar-refractivity contribution in [1.82, 2.24) is 9.80 Å². The van der Waals surface area contributed by atoms with Gasteiger partial charge in [0.2, 0.25) is 0 Å². The molecule has 176 valence electrons. The minimum absolute atomic E-state index is 0.0600. The number of carbonyl (C=O) groups is 2. The number of hydrogen-bond acceptors (Lipinski definition) is 5. The summed E-state index contributed by atoms with van der Waals surface area (Å²) in [7, 11) is 0. The van der Waals surface area contributed by atoms with Crippen molar-refractivity contribution in [3.8, 4) is 11.1 Å². The van der Waals surface area contributed by atoms with E-state index < -0.39 is 0 Å². The van der Waals surface area contributed by atoms with Crippen molar-refractivity contribution in [3.05, 3.63) is 59.0 Å². The number of nitrogens with zero attached hydrogens (tertiary/aromatic N) is 2. The zero-order valence-corrected chi connectivity index (χ0v) is 20.2. The summed E-state index contributed by atoms with van der Waals surface area (Å²) in [5, 5.41) is 1.12. The van der Waals surface area contributed by atoms with Crippen LogP contribution in [0.25, 0.3) is 21.2 Å². The third kappa shape index (κ3) is 4.19. The second-order valence-corrected chi connectivity index (χ2v) is 10.9. The second kappa shape index (κ2) is 9.25. The molecule has 4 fully saturated rings. The van der Waals surface area contributed by atoms with Crippen LogP contribution in [0.5, 0.6) is 0 Å². The fourth-order valence-electron chi connectivity index (χ4n) is 5.83. The third-order valence-electron chi connectivity index (χ3n) is 7.80. The van der Waals surface area contributed by atoms with Crippen LogP contribution in [0.3, 0.4) is 0 Å². The van der Waals surface area contributed by atoms with E-state index in [1.54, 1.807) is 11.3 Å². The Morgan fingerprint density at radius 1 is 0.971 bits per heavy atom. The number of piperidine rings is 3. The number of morpholine rings is 1. The van der Waals surface area contributed by atoms with Crippen LogP contribution in [0, 0.1) is 11.8 Å². The number of thiophene rings is 1. The van der Waals surface area contributed by atoms with E-state index in [1.165, 1.54) is 25.9 Å². The number of hydrogen-bond donors (Lipinski definition) is 0. The van der Waals surface area contributed by atoms with Gasteiger partial charge in [0, 0.05) is 36.3 Å². The van der Waals surface area contributed by atoms with Crippen LogP contribution in [-0.4, -0.2) is 67.4 Å². The monoisotopic (exact) mass is 474 g/mol. The van der Waals surface area contributed by atoms with Gasteiger partial charge in [0.1, 0.15) is 0 Å². The first-order chi connectivity index (χ1) is 16.7. The number of ketones is 1. The Labute approximate surface area is 204 Å². The molecule has 1 amide bonds. The predicted molar refractivity (Wildman–Crippen MR) is 136 cm³/mol. The molecule has 34 heavy (non-hydrogen) atoms. The Balaban J connectivity index is 1.22. The molecule has 0 saturated carbocycles. The first-order valence-corrected chi connectivity index (χ1v) is 13.2. The van der Waals surface area contributed by atoms with Crippen LogP contribution in [0.4, 0.5) is 0 Å². The molecule has 0 aliphatic carbocycles. The Morgan fingerprint density at radius 2 is 1.74 bits per heavy atom. The van der Waals surface area contributed by atoms with Crippen molar-refractivity contribution < 1.29 is 14.3 Å². The molecule has 1 atom stereocenters. The van der Waals surface area contributed by atoms with Crippen LogP contribution in [0.2, 0.25) is 0 Å². The Hall–Kier alpha value is -2.54. The van der Waals surface area contributed by atoms with Gasteiger partial charge in [0.15, 0.2) is 5.78 Å². The molecule has 1 aromatic heterocycles. The maximum Gasteiger partial charge on any atom is 0.254 e. The molecule has 4 aliphatic heterocycles. The highest BCUT2D eigenvalue weighted by Gasteiger charge is 2.35. The van der Waals surface area contributed by atoms with E-state index in [2.05, 4.69) is 29.2 Å². The van der Waals surface area contributed by atoms with Gasteiger partial charge in [0.25, 0.3) is 5.91 Å². The summed E-state index contributed by atoms with van der Waals surface area (Å²) in [5.41, 5.74) is 2.90. The Morgan fingerprint density at radius 3 is 2.44 bits per heavy atom. The maximum absolute atomic E-state index is 13.2. The largest absolute Gasteiger partial charge is 0.378 e. The third-order valence-corrected chi connectivity index (χ3v) is 9.02. The smallest absolute Gasteiger partial charge is 0.254 e. The first-order valence-electron chi connectivity index (χ1n) is 12.4. The van der Waals surface area contributed by atoms with Crippen LogP contribution in [0.15, 0.2) is 48.5 Å². The number of benzene rings is 2. The quantitative estimate of drug-likeness (QED) is 0.491. The van der Waals surface area contributed by atoms with Gasteiger partial charge in [-0.3, -0.25) is 9.59 Å². The minimum atomic E-state index is 0.0600. The van der Waals surface area contributed by atoms with Crippen molar-refractivity contribution in [2.75, 3.05) is 45.9 Å². The molecule has 5 heterocycles. The molecule has 0 unspecified atom stereocenters. The molecule has 3 aromatic rings. The highest BCUT2D eigenvalue weighted by molar-refractivity contribution is 7.21. The molecule has 2 bridgehead atoms. The van der Waals surface area contributed by atoms with E-state index in [-0.39, 0.29) is 11.7 Å². The molecule has 5 nitrogen and oxygen atoms in total. The highest BCUT2D eigenvalue weighted by Crippen LogP contribution is 2.38. The SMILES string of the molecule is O=C(C[C@@H]1CN2CCC1CC2)c1cc2cccc(-c3ccc(C(=O)N4CCOCC4)cc3)c2s1. The summed E-state index contributed by atoms with van der Waals surface area (Å²) in [6.07, 6.45) is 3.17. The normalized spacial score (nSPS) is 24.5. The Bertz CT molecular complexity index is 1200. The van der Waals surface area contributed by atoms with Crippen molar-refractivity contribution in [1.29, 1.82) is 0 Å².